The van der Waals surface area contributed by atoms with Crippen LogP contribution in [0.4, 0.5) is 11.8 Å². The number of amides is 1. The Hall–Kier alpha value is -2.44. The summed E-state index contributed by atoms with van der Waals surface area (Å²) in [6, 6.07) is 1.52. The van der Waals surface area contributed by atoms with Gasteiger partial charge in [0.05, 0.1) is 0 Å². The number of aromatic amines is 1. The normalized spacial score (nSPS) is 18.0. The Balaban J connectivity index is 1.76. The standard InChI is InChI=1S/C14H18N6O/c1-9-10(2)18-19-12(9)17-13(21)11-5-3-8-20(11)14-15-6-4-7-16-14/h4,6-7,11H,3,5,8H2,1-2H3,(H2,17,18,19,21). The van der Waals surface area contributed by atoms with E-state index in [-0.39, 0.29) is 11.9 Å². The number of rotatable bonds is 3. The van der Waals surface area contributed by atoms with Gasteiger partial charge in [0.25, 0.3) is 0 Å². The van der Waals surface area contributed by atoms with Crippen LogP contribution in [0.25, 0.3) is 0 Å². The van der Waals surface area contributed by atoms with Crippen LogP contribution < -0.4 is 10.2 Å². The summed E-state index contributed by atoms with van der Waals surface area (Å²) < 4.78 is 0. The Kier molecular flexibility index (Phi) is 3.55. The minimum absolute atomic E-state index is 0.0606. The monoisotopic (exact) mass is 286 g/mol. The fourth-order valence-corrected chi connectivity index (χ4v) is 2.52. The van der Waals surface area contributed by atoms with Crippen molar-refractivity contribution in [3.8, 4) is 0 Å². The van der Waals surface area contributed by atoms with E-state index in [2.05, 4.69) is 25.5 Å². The second-order valence-corrected chi connectivity index (χ2v) is 5.21. The minimum atomic E-state index is -0.246. The second-order valence-electron chi connectivity index (χ2n) is 5.21. The summed E-state index contributed by atoms with van der Waals surface area (Å²) in [6.45, 7) is 4.65. The third-order valence-electron chi connectivity index (χ3n) is 3.86. The first-order chi connectivity index (χ1) is 10.2. The van der Waals surface area contributed by atoms with E-state index in [4.69, 9.17) is 0 Å². The van der Waals surface area contributed by atoms with E-state index in [1.165, 1.54) is 0 Å². The van der Waals surface area contributed by atoms with Crippen LogP contribution in [0, 0.1) is 13.8 Å². The number of nitrogens with zero attached hydrogens (tertiary/aromatic N) is 4. The molecule has 1 atom stereocenters. The van der Waals surface area contributed by atoms with Crippen molar-refractivity contribution in [2.75, 3.05) is 16.8 Å². The Bertz CT molecular complexity index is 638. The first-order valence-electron chi connectivity index (χ1n) is 7.03. The lowest BCUT2D eigenvalue weighted by Gasteiger charge is -2.23. The molecule has 1 amide bonds. The summed E-state index contributed by atoms with van der Waals surface area (Å²) in [7, 11) is 0. The zero-order chi connectivity index (χ0) is 14.8. The molecule has 7 nitrogen and oxygen atoms in total. The van der Waals surface area contributed by atoms with E-state index < -0.39 is 0 Å². The van der Waals surface area contributed by atoms with E-state index in [9.17, 15) is 4.79 Å². The molecular formula is C14H18N6O. The molecule has 2 aromatic heterocycles. The fourth-order valence-electron chi connectivity index (χ4n) is 2.52. The Labute approximate surface area is 122 Å². The van der Waals surface area contributed by atoms with Gasteiger partial charge in [-0.25, -0.2) is 9.97 Å². The number of carbonyl (C=O) groups excluding carboxylic acids is 1. The third-order valence-corrected chi connectivity index (χ3v) is 3.86. The van der Waals surface area contributed by atoms with E-state index in [0.29, 0.717) is 11.8 Å². The Morgan fingerprint density at radius 3 is 2.81 bits per heavy atom. The summed E-state index contributed by atoms with van der Waals surface area (Å²) in [6.07, 6.45) is 5.13. The molecule has 3 rings (SSSR count). The highest BCUT2D eigenvalue weighted by Gasteiger charge is 2.32. The molecule has 1 saturated heterocycles. The highest BCUT2D eigenvalue weighted by atomic mass is 16.2. The van der Waals surface area contributed by atoms with Gasteiger partial charge in [-0.2, -0.15) is 5.10 Å². The maximum Gasteiger partial charge on any atom is 0.248 e. The fraction of sp³-hybridized carbons (Fsp3) is 0.429. The van der Waals surface area contributed by atoms with Gasteiger partial charge in [-0.05, 0) is 32.8 Å². The van der Waals surface area contributed by atoms with Gasteiger partial charge in [-0.15, -0.1) is 0 Å². The molecule has 1 aliphatic heterocycles. The van der Waals surface area contributed by atoms with Gasteiger partial charge in [-0.1, -0.05) is 0 Å². The van der Waals surface area contributed by atoms with Crippen molar-refractivity contribution < 1.29 is 4.79 Å². The molecule has 1 aliphatic rings. The highest BCUT2D eigenvalue weighted by Crippen LogP contribution is 2.23. The summed E-state index contributed by atoms with van der Waals surface area (Å²) in [5.74, 6) is 1.14. The second kappa shape index (κ2) is 5.51. The third kappa shape index (κ3) is 2.58. The molecule has 7 heteroatoms. The smallest absolute Gasteiger partial charge is 0.248 e. The van der Waals surface area contributed by atoms with Gasteiger partial charge in [0, 0.05) is 30.2 Å². The largest absolute Gasteiger partial charge is 0.329 e. The zero-order valence-electron chi connectivity index (χ0n) is 12.1. The predicted molar refractivity (Wildman–Crippen MR) is 79.1 cm³/mol. The molecule has 0 radical (unpaired) electrons. The van der Waals surface area contributed by atoms with Gasteiger partial charge >= 0.3 is 0 Å². The summed E-state index contributed by atoms with van der Waals surface area (Å²) in [4.78, 5) is 22.9. The highest BCUT2D eigenvalue weighted by molar-refractivity contribution is 5.96. The average Bonchev–Trinajstić information content (AvgIpc) is 3.10. The van der Waals surface area contributed by atoms with Gasteiger partial charge in [0.1, 0.15) is 6.04 Å². The van der Waals surface area contributed by atoms with Gasteiger partial charge in [-0.3, -0.25) is 9.89 Å². The van der Waals surface area contributed by atoms with Crippen LogP contribution in [0.5, 0.6) is 0 Å². The molecule has 1 fully saturated rings. The van der Waals surface area contributed by atoms with Crippen LogP contribution in [0.2, 0.25) is 0 Å². The number of aromatic nitrogens is 4. The summed E-state index contributed by atoms with van der Waals surface area (Å²) >= 11 is 0. The zero-order valence-corrected chi connectivity index (χ0v) is 12.1. The number of hydrogen-bond donors (Lipinski definition) is 2. The van der Waals surface area contributed by atoms with Crippen molar-refractivity contribution in [1.82, 2.24) is 20.2 Å². The Morgan fingerprint density at radius 2 is 2.14 bits per heavy atom. The van der Waals surface area contributed by atoms with Gasteiger partial charge < -0.3 is 10.2 Å². The van der Waals surface area contributed by atoms with Crippen LogP contribution in [-0.2, 0) is 4.79 Å². The number of hydrogen-bond acceptors (Lipinski definition) is 5. The number of aryl methyl sites for hydroxylation is 1. The molecule has 0 aromatic carbocycles. The van der Waals surface area contributed by atoms with Crippen molar-refractivity contribution in [3.63, 3.8) is 0 Å². The predicted octanol–water partition coefficient (Wildman–Crippen LogP) is 1.42. The lowest BCUT2D eigenvalue weighted by molar-refractivity contribution is -0.117. The van der Waals surface area contributed by atoms with Crippen LogP contribution >= 0.6 is 0 Å². The summed E-state index contributed by atoms with van der Waals surface area (Å²) in [5.41, 5.74) is 1.92. The molecule has 110 valence electrons. The van der Waals surface area contributed by atoms with Gasteiger partial charge in [0.2, 0.25) is 11.9 Å². The lowest BCUT2D eigenvalue weighted by Crippen LogP contribution is -2.40. The molecule has 0 spiro atoms. The van der Waals surface area contributed by atoms with Crippen LogP contribution in [-0.4, -0.2) is 38.7 Å². The number of carbonyl (C=O) groups is 1. The van der Waals surface area contributed by atoms with Crippen molar-refractivity contribution in [2.45, 2.75) is 32.7 Å². The van der Waals surface area contributed by atoms with Crippen LogP contribution in [0.1, 0.15) is 24.1 Å². The number of nitrogens with one attached hydrogen (secondary N) is 2. The molecule has 0 saturated carbocycles. The average molecular weight is 286 g/mol. The van der Waals surface area contributed by atoms with Crippen molar-refractivity contribution in [1.29, 1.82) is 0 Å². The van der Waals surface area contributed by atoms with E-state index >= 15 is 0 Å². The minimum Gasteiger partial charge on any atom is -0.329 e. The maximum absolute atomic E-state index is 12.5. The molecule has 0 aliphatic carbocycles. The molecule has 2 N–H and O–H groups in total. The van der Waals surface area contributed by atoms with Crippen LogP contribution in [0.15, 0.2) is 18.5 Å². The molecular weight excluding hydrogens is 268 g/mol. The molecule has 2 aromatic rings. The number of anilines is 2. The van der Waals surface area contributed by atoms with Gasteiger partial charge in [0.15, 0.2) is 5.82 Å². The molecule has 0 bridgehead atoms. The lowest BCUT2D eigenvalue weighted by atomic mass is 10.2. The topological polar surface area (TPSA) is 86.8 Å². The maximum atomic E-state index is 12.5. The number of H-pyrrole nitrogens is 1. The first kappa shape index (κ1) is 13.5. The molecule has 1 unspecified atom stereocenters. The van der Waals surface area contributed by atoms with Crippen molar-refractivity contribution in [3.05, 3.63) is 29.7 Å². The van der Waals surface area contributed by atoms with Crippen molar-refractivity contribution >= 4 is 17.7 Å². The Morgan fingerprint density at radius 1 is 1.38 bits per heavy atom. The van der Waals surface area contributed by atoms with Crippen molar-refractivity contribution in [2.24, 2.45) is 0 Å². The summed E-state index contributed by atoms with van der Waals surface area (Å²) in [5, 5.41) is 9.88. The van der Waals surface area contributed by atoms with E-state index in [0.717, 1.165) is 30.6 Å². The SMILES string of the molecule is Cc1[nH]nc(NC(=O)C2CCCN2c2ncccn2)c1C. The first-order valence-corrected chi connectivity index (χ1v) is 7.03. The molecule has 3 heterocycles. The quantitative estimate of drug-likeness (QED) is 0.891. The van der Waals surface area contributed by atoms with E-state index in [1.54, 1.807) is 18.5 Å². The van der Waals surface area contributed by atoms with Crippen LogP contribution in [0.3, 0.4) is 0 Å². The van der Waals surface area contributed by atoms with E-state index in [1.807, 2.05) is 18.7 Å². The molecule has 21 heavy (non-hydrogen) atoms.